The van der Waals surface area contributed by atoms with Crippen molar-refractivity contribution < 1.29 is 9.53 Å². The van der Waals surface area contributed by atoms with Crippen molar-refractivity contribution in [2.45, 2.75) is 12.8 Å². The van der Waals surface area contributed by atoms with Gasteiger partial charge >= 0.3 is 0 Å². The molecule has 2 heterocycles. The first-order valence-electron chi connectivity index (χ1n) is 6.81. The zero-order chi connectivity index (χ0) is 14.2. The van der Waals surface area contributed by atoms with Gasteiger partial charge in [0.15, 0.2) is 0 Å². The van der Waals surface area contributed by atoms with E-state index >= 15 is 0 Å². The van der Waals surface area contributed by atoms with Gasteiger partial charge in [-0.3, -0.25) is 4.79 Å². The highest BCUT2D eigenvalue weighted by molar-refractivity contribution is 5.94. The van der Waals surface area contributed by atoms with Gasteiger partial charge in [0.2, 0.25) is 0 Å². The lowest BCUT2D eigenvalue weighted by Gasteiger charge is -2.22. The molecule has 106 valence electrons. The van der Waals surface area contributed by atoms with Crippen LogP contribution in [-0.4, -0.2) is 37.2 Å². The number of aromatic nitrogens is 1. The fraction of sp³-hybridized carbons (Fsp3) is 0.467. The van der Waals surface area contributed by atoms with Gasteiger partial charge in [-0.15, -0.1) is 0 Å². The molecule has 0 aliphatic carbocycles. The molecule has 1 saturated heterocycles. The van der Waals surface area contributed by atoms with E-state index < -0.39 is 0 Å². The van der Waals surface area contributed by atoms with Gasteiger partial charge in [-0.25, -0.2) is 4.98 Å². The summed E-state index contributed by atoms with van der Waals surface area (Å²) in [6.45, 7) is 2.40. The van der Waals surface area contributed by atoms with Crippen molar-refractivity contribution in [1.82, 2.24) is 10.3 Å². The highest BCUT2D eigenvalue weighted by atomic mass is 16.5. The summed E-state index contributed by atoms with van der Waals surface area (Å²) in [7, 11) is 0. The molecule has 1 unspecified atom stereocenters. The number of rotatable bonds is 3. The highest BCUT2D eigenvalue weighted by Gasteiger charge is 2.17. The Bertz CT molecular complexity index is 513. The SMILES string of the molecule is NCC#Cc1cccnc1C(=O)NCC1CCCOC1. The van der Waals surface area contributed by atoms with Crippen LogP contribution in [0.1, 0.15) is 28.9 Å². The number of nitrogens with one attached hydrogen (secondary N) is 1. The lowest BCUT2D eigenvalue weighted by molar-refractivity contribution is 0.0535. The van der Waals surface area contributed by atoms with E-state index in [1.165, 1.54) is 0 Å². The number of nitrogens with two attached hydrogens (primary N) is 1. The third-order valence-corrected chi connectivity index (χ3v) is 3.15. The summed E-state index contributed by atoms with van der Waals surface area (Å²) in [4.78, 5) is 16.3. The Morgan fingerprint density at radius 2 is 2.50 bits per heavy atom. The van der Waals surface area contributed by atoms with Crippen molar-refractivity contribution in [3.8, 4) is 11.8 Å². The standard InChI is InChI=1S/C15H19N3O2/c16-7-1-5-13-6-2-8-17-14(13)15(19)18-10-12-4-3-9-20-11-12/h2,6,8,12H,3-4,7,9-11,16H2,(H,18,19). The molecule has 1 aliphatic rings. The number of amides is 1. The minimum absolute atomic E-state index is 0.197. The van der Waals surface area contributed by atoms with E-state index in [0.717, 1.165) is 19.4 Å². The van der Waals surface area contributed by atoms with Gasteiger partial charge in [-0.2, -0.15) is 0 Å². The molecule has 2 rings (SSSR count). The molecule has 1 amide bonds. The van der Waals surface area contributed by atoms with Gasteiger partial charge in [-0.1, -0.05) is 11.8 Å². The lowest BCUT2D eigenvalue weighted by atomic mass is 10.0. The van der Waals surface area contributed by atoms with E-state index in [4.69, 9.17) is 10.5 Å². The third-order valence-electron chi connectivity index (χ3n) is 3.15. The molecule has 1 aromatic rings. The van der Waals surface area contributed by atoms with Crippen molar-refractivity contribution in [3.05, 3.63) is 29.6 Å². The molecular weight excluding hydrogens is 254 g/mol. The van der Waals surface area contributed by atoms with Crippen LogP contribution < -0.4 is 11.1 Å². The molecule has 0 radical (unpaired) electrons. The molecule has 1 aliphatic heterocycles. The Hall–Kier alpha value is -1.90. The van der Waals surface area contributed by atoms with Crippen molar-refractivity contribution >= 4 is 5.91 Å². The van der Waals surface area contributed by atoms with Crippen molar-refractivity contribution in [1.29, 1.82) is 0 Å². The second-order valence-electron chi connectivity index (χ2n) is 4.70. The van der Waals surface area contributed by atoms with E-state index in [1.807, 2.05) is 0 Å². The molecule has 5 heteroatoms. The predicted octanol–water partition coefficient (Wildman–Crippen LogP) is 0.548. The average Bonchev–Trinajstić information content (AvgIpc) is 2.52. The summed E-state index contributed by atoms with van der Waals surface area (Å²) in [5.41, 5.74) is 6.31. The molecule has 0 saturated carbocycles. The maximum absolute atomic E-state index is 12.2. The molecule has 0 bridgehead atoms. The van der Waals surface area contributed by atoms with Gasteiger partial charge in [0.25, 0.3) is 5.91 Å². The normalized spacial score (nSPS) is 17.9. The van der Waals surface area contributed by atoms with Crippen LogP contribution in [0.5, 0.6) is 0 Å². The minimum atomic E-state index is -0.197. The largest absolute Gasteiger partial charge is 0.381 e. The van der Waals surface area contributed by atoms with Crippen LogP contribution in [0.15, 0.2) is 18.3 Å². The number of carbonyl (C=O) groups is 1. The quantitative estimate of drug-likeness (QED) is 0.788. The van der Waals surface area contributed by atoms with Gasteiger partial charge < -0.3 is 15.8 Å². The molecule has 1 fully saturated rings. The van der Waals surface area contributed by atoms with Gasteiger partial charge in [-0.05, 0) is 30.9 Å². The zero-order valence-electron chi connectivity index (χ0n) is 11.4. The second-order valence-corrected chi connectivity index (χ2v) is 4.70. The molecule has 3 N–H and O–H groups in total. The smallest absolute Gasteiger partial charge is 0.271 e. The topological polar surface area (TPSA) is 77.2 Å². The van der Waals surface area contributed by atoms with Crippen LogP contribution in [0.4, 0.5) is 0 Å². The lowest BCUT2D eigenvalue weighted by Crippen LogP contribution is -2.34. The maximum atomic E-state index is 12.2. The Morgan fingerprint density at radius 1 is 1.60 bits per heavy atom. The molecule has 20 heavy (non-hydrogen) atoms. The summed E-state index contributed by atoms with van der Waals surface area (Å²) < 4.78 is 5.39. The third kappa shape index (κ3) is 4.05. The minimum Gasteiger partial charge on any atom is -0.381 e. The van der Waals surface area contributed by atoms with Crippen LogP contribution in [0, 0.1) is 17.8 Å². The van der Waals surface area contributed by atoms with E-state index in [2.05, 4.69) is 22.1 Å². The molecule has 0 spiro atoms. The zero-order valence-corrected chi connectivity index (χ0v) is 11.4. The molecule has 0 aromatic carbocycles. The maximum Gasteiger partial charge on any atom is 0.271 e. The Kier molecular flexibility index (Phi) is 5.54. The van der Waals surface area contributed by atoms with Crippen LogP contribution in [0.25, 0.3) is 0 Å². The average molecular weight is 273 g/mol. The summed E-state index contributed by atoms with van der Waals surface area (Å²) in [5.74, 6) is 5.80. The Balaban J connectivity index is 1.97. The van der Waals surface area contributed by atoms with E-state index in [0.29, 0.717) is 30.3 Å². The molecule has 5 nitrogen and oxygen atoms in total. The summed E-state index contributed by atoms with van der Waals surface area (Å²) in [6.07, 6.45) is 3.73. The summed E-state index contributed by atoms with van der Waals surface area (Å²) in [5, 5.41) is 2.91. The van der Waals surface area contributed by atoms with Crippen LogP contribution >= 0.6 is 0 Å². The predicted molar refractivity (Wildman–Crippen MR) is 76.0 cm³/mol. The number of hydrogen-bond donors (Lipinski definition) is 2. The number of ether oxygens (including phenoxy) is 1. The van der Waals surface area contributed by atoms with E-state index in [-0.39, 0.29) is 12.5 Å². The van der Waals surface area contributed by atoms with Gasteiger partial charge in [0.05, 0.1) is 18.7 Å². The highest BCUT2D eigenvalue weighted by Crippen LogP contribution is 2.12. The summed E-state index contributed by atoms with van der Waals surface area (Å²) >= 11 is 0. The first-order chi connectivity index (χ1) is 9.81. The first kappa shape index (κ1) is 14.5. The Morgan fingerprint density at radius 3 is 3.25 bits per heavy atom. The second kappa shape index (κ2) is 7.63. The van der Waals surface area contributed by atoms with Crippen LogP contribution in [-0.2, 0) is 4.74 Å². The first-order valence-corrected chi connectivity index (χ1v) is 6.81. The number of pyridine rings is 1. The summed E-state index contributed by atoms with van der Waals surface area (Å²) in [6, 6.07) is 3.53. The Labute approximate surface area is 118 Å². The van der Waals surface area contributed by atoms with Crippen molar-refractivity contribution in [2.24, 2.45) is 11.7 Å². The van der Waals surface area contributed by atoms with Crippen molar-refractivity contribution in [2.75, 3.05) is 26.3 Å². The number of carbonyl (C=O) groups excluding carboxylic acids is 1. The van der Waals surface area contributed by atoms with Crippen LogP contribution in [0.3, 0.4) is 0 Å². The molecule has 1 atom stereocenters. The fourth-order valence-electron chi connectivity index (χ4n) is 2.12. The number of hydrogen-bond acceptors (Lipinski definition) is 4. The van der Waals surface area contributed by atoms with Crippen molar-refractivity contribution in [3.63, 3.8) is 0 Å². The van der Waals surface area contributed by atoms with Gasteiger partial charge in [0, 0.05) is 19.3 Å². The van der Waals surface area contributed by atoms with Gasteiger partial charge in [0.1, 0.15) is 5.69 Å². The molecular formula is C15H19N3O2. The van der Waals surface area contributed by atoms with E-state index in [9.17, 15) is 4.79 Å². The monoisotopic (exact) mass is 273 g/mol. The molecule has 1 aromatic heterocycles. The fourth-order valence-corrected chi connectivity index (χ4v) is 2.12. The number of nitrogens with zero attached hydrogens (tertiary/aromatic N) is 1. The van der Waals surface area contributed by atoms with E-state index in [1.54, 1.807) is 18.3 Å². The van der Waals surface area contributed by atoms with Crippen LogP contribution in [0.2, 0.25) is 0 Å².